The summed E-state index contributed by atoms with van der Waals surface area (Å²) in [5, 5.41) is 0. The lowest BCUT2D eigenvalue weighted by molar-refractivity contribution is 0.100. The summed E-state index contributed by atoms with van der Waals surface area (Å²) < 4.78 is 0. The molecule has 0 aromatic heterocycles. The molecule has 0 unspecified atom stereocenters. The van der Waals surface area contributed by atoms with Gasteiger partial charge in [-0.05, 0) is 38.1 Å². The zero-order chi connectivity index (χ0) is 16.3. The number of urea groups is 1. The fourth-order valence-electron chi connectivity index (χ4n) is 2.13. The Labute approximate surface area is 128 Å². The molecule has 0 fully saturated rings. The molecule has 0 aliphatic heterocycles. The van der Waals surface area contributed by atoms with Gasteiger partial charge in [0.1, 0.15) is 0 Å². The summed E-state index contributed by atoms with van der Waals surface area (Å²) in [6.07, 6.45) is 0. The first-order chi connectivity index (χ1) is 10.4. The molecule has 0 atom stereocenters. The van der Waals surface area contributed by atoms with E-state index in [-0.39, 0.29) is 11.6 Å². The molecule has 0 radical (unpaired) electrons. The Morgan fingerprint density at radius 2 is 1.23 bits per heavy atom. The minimum atomic E-state index is -0.693. The van der Waals surface area contributed by atoms with E-state index < -0.39 is 6.03 Å². The lowest BCUT2D eigenvalue weighted by Gasteiger charge is -2.21. The number of primary amides is 1. The first kappa shape index (κ1) is 15.4. The number of carbonyl (C=O) groups is 3. The highest BCUT2D eigenvalue weighted by atomic mass is 16.2. The van der Waals surface area contributed by atoms with Crippen LogP contribution in [-0.2, 0) is 0 Å². The van der Waals surface area contributed by atoms with Gasteiger partial charge < -0.3 is 5.73 Å². The van der Waals surface area contributed by atoms with Crippen molar-refractivity contribution >= 4 is 29.0 Å². The van der Waals surface area contributed by atoms with Gasteiger partial charge in [-0.2, -0.15) is 0 Å². The molecule has 2 aromatic carbocycles. The van der Waals surface area contributed by atoms with Crippen molar-refractivity contribution < 1.29 is 14.4 Å². The van der Waals surface area contributed by atoms with E-state index in [0.717, 1.165) is 0 Å². The number of Topliss-reactive ketones (excluding diaryl/α,β-unsaturated/α-hetero) is 2. The molecule has 2 N–H and O–H groups in total. The molecule has 22 heavy (non-hydrogen) atoms. The molecule has 0 aliphatic carbocycles. The molecule has 2 aromatic rings. The second-order valence-corrected chi connectivity index (χ2v) is 4.89. The number of benzene rings is 2. The zero-order valence-corrected chi connectivity index (χ0v) is 12.4. The van der Waals surface area contributed by atoms with Crippen LogP contribution in [0.1, 0.15) is 34.6 Å². The third-order valence-electron chi connectivity index (χ3n) is 3.24. The van der Waals surface area contributed by atoms with Crippen molar-refractivity contribution in [3.63, 3.8) is 0 Å². The molecule has 0 aliphatic rings. The van der Waals surface area contributed by atoms with Crippen LogP contribution in [0, 0.1) is 0 Å². The SMILES string of the molecule is CC(=O)c1cccc(N(C(N)=O)c2cccc(C(C)=O)c2)c1. The van der Waals surface area contributed by atoms with E-state index in [2.05, 4.69) is 0 Å². The highest BCUT2D eigenvalue weighted by Gasteiger charge is 2.17. The Hall–Kier alpha value is -2.95. The van der Waals surface area contributed by atoms with Crippen LogP contribution in [0.5, 0.6) is 0 Å². The van der Waals surface area contributed by atoms with Gasteiger partial charge in [-0.25, -0.2) is 4.79 Å². The molecule has 5 nitrogen and oxygen atoms in total. The normalized spacial score (nSPS) is 10.1. The van der Waals surface area contributed by atoms with Gasteiger partial charge in [0, 0.05) is 11.1 Å². The average Bonchev–Trinajstić information content (AvgIpc) is 2.47. The maximum Gasteiger partial charge on any atom is 0.323 e. The number of hydrogen-bond acceptors (Lipinski definition) is 3. The third kappa shape index (κ3) is 3.20. The molecular weight excluding hydrogens is 280 g/mol. The van der Waals surface area contributed by atoms with Crippen LogP contribution in [0.15, 0.2) is 48.5 Å². The zero-order valence-electron chi connectivity index (χ0n) is 12.4. The van der Waals surface area contributed by atoms with Gasteiger partial charge in [-0.1, -0.05) is 24.3 Å². The Balaban J connectivity index is 2.53. The summed E-state index contributed by atoms with van der Waals surface area (Å²) >= 11 is 0. The number of nitrogens with zero attached hydrogens (tertiary/aromatic N) is 1. The standard InChI is InChI=1S/C17H16N2O3/c1-11(20)13-5-3-7-15(9-13)19(17(18)22)16-8-4-6-14(10-16)12(2)21/h3-10H,1-2H3,(H2,18,22). The lowest BCUT2D eigenvalue weighted by atomic mass is 10.1. The fourth-order valence-corrected chi connectivity index (χ4v) is 2.13. The van der Waals surface area contributed by atoms with E-state index in [1.807, 2.05) is 0 Å². The second-order valence-electron chi connectivity index (χ2n) is 4.89. The number of hydrogen-bond donors (Lipinski definition) is 1. The van der Waals surface area contributed by atoms with Crippen molar-refractivity contribution in [2.45, 2.75) is 13.8 Å². The minimum Gasteiger partial charge on any atom is -0.351 e. The van der Waals surface area contributed by atoms with E-state index in [9.17, 15) is 14.4 Å². The van der Waals surface area contributed by atoms with Gasteiger partial charge >= 0.3 is 6.03 Å². The van der Waals surface area contributed by atoms with Crippen LogP contribution < -0.4 is 10.6 Å². The van der Waals surface area contributed by atoms with Crippen molar-refractivity contribution in [2.75, 3.05) is 4.90 Å². The summed E-state index contributed by atoms with van der Waals surface area (Å²) in [6, 6.07) is 12.5. The average molecular weight is 296 g/mol. The molecule has 0 bridgehead atoms. The van der Waals surface area contributed by atoms with E-state index >= 15 is 0 Å². The van der Waals surface area contributed by atoms with E-state index in [1.165, 1.54) is 18.7 Å². The number of amides is 2. The van der Waals surface area contributed by atoms with Gasteiger partial charge in [0.2, 0.25) is 0 Å². The van der Waals surface area contributed by atoms with Gasteiger partial charge in [-0.3, -0.25) is 14.5 Å². The first-order valence-corrected chi connectivity index (χ1v) is 6.71. The summed E-state index contributed by atoms with van der Waals surface area (Å²) in [6.45, 7) is 2.90. The number of rotatable bonds is 4. The van der Waals surface area contributed by atoms with Crippen LogP contribution in [-0.4, -0.2) is 17.6 Å². The maximum absolute atomic E-state index is 11.8. The smallest absolute Gasteiger partial charge is 0.323 e. The summed E-state index contributed by atoms with van der Waals surface area (Å²) in [7, 11) is 0. The predicted octanol–water partition coefficient (Wildman–Crippen LogP) is 3.31. The molecule has 0 heterocycles. The molecule has 2 rings (SSSR count). The highest BCUT2D eigenvalue weighted by molar-refractivity contribution is 6.02. The molecule has 112 valence electrons. The number of nitrogens with two attached hydrogens (primary N) is 1. The Kier molecular flexibility index (Phi) is 4.36. The largest absolute Gasteiger partial charge is 0.351 e. The van der Waals surface area contributed by atoms with Crippen molar-refractivity contribution in [3.05, 3.63) is 59.7 Å². The van der Waals surface area contributed by atoms with Crippen molar-refractivity contribution in [3.8, 4) is 0 Å². The van der Waals surface area contributed by atoms with Gasteiger partial charge in [-0.15, -0.1) is 0 Å². The number of anilines is 2. The third-order valence-corrected chi connectivity index (χ3v) is 3.24. The Bertz CT molecular complexity index is 696. The predicted molar refractivity (Wildman–Crippen MR) is 84.6 cm³/mol. The van der Waals surface area contributed by atoms with Crippen LogP contribution in [0.25, 0.3) is 0 Å². The van der Waals surface area contributed by atoms with Gasteiger partial charge in [0.05, 0.1) is 11.4 Å². The molecular formula is C17H16N2O3. The monoisotopic (exact) mass is 296 g/mol. The van der Waals surface area contributed by atoms with Crippen molar-refractivity contribution in [2.24, 2.45) is 5.73 Å². The van der Waals surface area contributed by atoms with E-state index in [4.69, 9.17) is 5.73 Å². The van der Waals surface area contributed by atoms with Gasteiger partial charge in [0.25, 0.3) is 0 Å². The summed E-state index contributed by atoms with van der Waals surface area (Å²) in [4.78, 5) is 36.1. The van der Waals surface area contributed by atoms with Crippen LogP contribution in [0.2, 0.25) is 0 Å². The second kappa shape index (κ2) is 6.22. The summed E-state index contributed by atoms with van der Waals surface area (Å²) in [5.41, 5.74) is 7.37. The summed E-state index contributed by atoms with van der Waals surface area (Å²) in [5.74, 6) is -0.215. The van der Waals surface area contributed by atoms with Crippen molar-refractivity contribution in [1.82, 2.24) is 0 Å². The Morgan fingerprint density at radius 1 is 0.818 bits per heavy atom. The van der Waals surface area contributed by atoms with Crippen LogP contribution >= 0.6 is 0 Å². The number of carbonyl (C=O) groups excluding carboxylic acids is 3. The van der Waals surface area contributed by atoms with Crippen molar-refractivity contribution in [1.29, 1.82) is 0 Å². The fraction of sp³-hybridized carbons (Fsp3) is 0.118. The van der Waals surface area contributed by atoms with Gasteiger partial charge in [0.15, 0.2) is 11.6 Å². The lowest BCUT2D eigenvalue weighted by Crippen LogP contribution is -2.31. The van der Waals surface area contributed by atoms with E-state index in [1.54, 1.807) is 48.5 Å². The molecule has 2 amide bonds. The number of ketones is 2. The molecule has 0 spiro atoms. The first-order valence-electron chi connectivity index (χ1n) is 6.71. The maximum atomic E-state index is 11.8. The quantitative estimate of drug-likeness (QED) is 0.879. The van der Waals surface area contributed by atoms with Crippen LogP contribution in [0.4, 0.5) is 16.2 Å². The molecule has 0 saturated heterocycles. The minimum absolute atomic E-state index is 0.108. The van der Waals surface area contributed by atoms with Crippen LogP contribution in [0.3, 0.4) is 0 Å². The topological polar surface area (TPSA) is 80.5 Å². The van der Waals surface area contributed by atoms with E-state index in [0.29, 0.717) is 22.5 Å². The Morgan fingerprint density at radius 3 is 1.55 bits per heavy atom. The molecule has 5 heteroatoms. The molecule has 0 saturated carbocycles. The highest BCUT2D eigenvalue weighted by Crippen LogP contribution is 2.27.